The van der Waals surface area contributed by atoms with Crippen molar-refractivity contribution in [2.24, 2.45) is 0 Å². The van der Waals surface area contributed by atoms with E-state index in [0.717, 1.165) is 23.9 Å². The second-order valence-electron chi connectivity index (χ2n) is 7.75. The van der Waals surface area contributed by atoms with E-state index in [0.29, 0.717) is 18.8 Å². The minimum Gasteiger partial charge on any atom is -0.495 e. The Morgan fingerprint density at radius 1 is 1.16 bits per heavy atom. The first-order valence-corrected chi connectivity index (χ1v) is 11.6. The van der Waals surface area contributed by atoms with Gasteiger partial charge in [0.1, 0.15) is 10.6 Å². The fourth-order valence-electron chi connectivity index (χ4n) is 3.68. The van der Waals surface area contributed by atoms with Crippen LogP contribution in [0.1, 0.15) is 43.1 Å². The molecule has 3 aromatic rings. The van der Waals surface area contributed by atoms with Gasteiger partial charge in [0.2, 0.25) is 10.0 Å². The lowest BCUT2D eigenvalue weighted by Crippen LogP contribution is -2.28. The number of methoxy groups -OCH3 is 1. The van der Waals surface area contributed by atoms with E-state index in [2.05, 4.69) is 15.4 Å². The van der Waals surface area contributed by atoms with E-state index in [9.17, 15) is 13.2 Å². The highest BCUT2D eigenvalue weighted by Gasteiger charge is 2.30. The van der Waals surface area contributed by atoms with Gasteiger partial charge >= 0.3 is 0 Å². The van der Waals surface area contributed by atoms with E-state index in [1.165, 1.54) is 23.5 Å². The molecule has 1 saturated heterocycles. The van der Waals surface area contributed by atoms with Gasteiger partial charge in [0.15, 0.2) is 5.65 Å². The molecule has 164 valence electrons. The number of ether oxygens (including phenoxy) is 1. The SMILES string of the molecule is COc1ccc(C(=O)Nc2cnc3c(cnn3C(C)C)c2)cc1S(=O)(=O)N1CCCC1. The maximum absolute atomic E-state index is 13.0. The van der Waals surface area contributed by atoms with Crippen molar-refractivity contribution in [3.05, 3.63) is 42.2 Å². The Kier molecular flexibility index (Phi) is 5.67. The van der Waals surface area contributed by atoms with E-state index in [1.807, 2.05) is 13.8 Å². The Hall–Kier alpha value is -2.98. The predicted molar refractivity (Wildman–Crippen MR) is 117 cm³/mol. The summed E-state index contributed by atoms with van der Waals surface area (Å²) in [5.41, 5.74) is 1.45. The zero-order valence-electron chi connectivity index (χ0n) is 17.7. The zero-order chi connectivity index (χ0) is 22.2. The highest BCUT2D eigenvalue weighted by molar-refractivity contribution is 7.89. The number of fused-ring (bicyclic) bond motifs is 1. The molecule has 0 saturated carbocycles. The molecular formula is C21H25N5O4S. The lowest BCUT2D eigenvalue weighted by atomic mass is 10.2. The summed E-state index contributed by atoms with van der Waals surface area (Å²) < 4.78 is 34.6. The van der Waals surface area contributed by atoms with Crippen molar-refractivity contribution < 1.29 is 17.9 Å². The van der Waals surface area contributed by atoms with Gasteiger partial charge in [-0.15, -0.1) is 0 Å². The van der Waals surface area contributed by atoms with Gasteiger partial charge < -0.3 is 10.1 Å². The van der Waals surface area contributed by atoms with Crippen LogP contribution in [0.2, 0.25) is 0 Å². The largest absolute Gasteiger partial charge is 0.495 e. The Morgan fingerprint density at radius 2 is 1.90 bits per heavy atom. The summed E-state index contributed by atoms with van der Waals surface area (Å²) in [5.74, 6) is -0.217. The summed E-state index contributed by atoms with van der Waals surface area (Å²) >= 11 is 0. The maximum Gasteiger partial charge on any atom is 0.255 e. The van der Waals surface area contributed by atoms with Crippen molar-refractivity contribution in [2.75, 3.05) is 25.5 Å². The lowest BCUT2D eigenvalue weighted by molar-refractivity contribution is 0.102. The van der Waals surface area contributed by atoms with Crippen LogP contribution >= 0.6 is 0 Å². The third-order valence-electron chi connectivity index (χ3n) is 5.29. The van der Waals surface area contributed by atoms with Crippen molar-refractivity contribution >= 4 is 32.7 Å². The first-order valence-electron chi connectivity index (χ1n) is 10.1. The molecule has 2 aromatic heterocycles. The van der Waals surface area contributed by atoms with Crippen LogP contribution in [0.5, 0.6) is 5.75 Å². The van der Waals surface area contributed by atoms with E-state index < -0.39 is 15.9 Å². The average molecular weight is 444 g/mol. The molecule has 1 aromatic carbocycles. The molecule has 1 aliphatic rings. The van der Waals surface area contributed by atoms with Crippen LogP contribution in [-0.4, -0.2) is 53.6 Å². The quantitative estimate of drug-likeness (QED) is 0.628. The normalized spacial score (nSPS) is 15.0. The Balaban J connectivity index is 1.62. The van der Waals surface area contributed by atoms with Crippen molar-refractivity contribution in [3.8, 4) is 5.75 Å². The molecule has 1 fully saturated rings. The van der Waals surface area contributed by atoms with Gasteiger partial charge in [0, 0.05) is 30.1 Å². The molecule has 9 nitrogen and oxygen atoms in total. The van der Waals surface area contributed by atoms with Crippen molar-refractivity contribution in [3.63, 3.8) is 0 Å². The summed E-state index contributed by atoms with van der Waals surface area (Å²) in [6.45, 7) is 4.97. The Bertz CT molecular complexity index is 1230. The number of nitrogens with one attached hydrogen (secondary N) is 1. The number of nitrogens with zero attached hydrogens (tertiary/aromatic N) is 4. The number of sulfonamides is 1. The minimum absolute atomic E-state index is 0.00339. The molecule has 0 radical (unpaired) electrons. The summed E-state index contributed by atoms with van der Waals surface area (Å²) in [5, 5.41) is 7.92. The van der Waals surface area contributed by atoms with Crippen molar-refractivity contribution in [1.82, 2.24) is 19.1 Å². The second kappa shape index (κ2) is 8.27. The van der Waals surface area contributed by atoms with Gasteiger partial charge in [-0.25, -0.2) is 18.1 Å². The number of amides is 1. The number of aromatic nitrogens is 3. The molecule has 0 atom stereocenters. The van der Waals surface area contributed by atoms with Gasteiger partial charge in [-0.05, 0) is 51.0 Å². The highest BCUT2D eigenvalue weighted by atomic mass is 32.2. The third-order valence-corrected chi connectivity index (χ3v) is 7.21. The van der Waals surface area contributed by atoms with Crippen molar-refractivity contribution in [2.45, 2.75) is 37.6 Å². The van der Waals surface area contributed by atoms with Gasteiger partial charge in [0.05, 0.1) is 25.2 Å². The molecule has 1 N–H and O–H groups in total. The summed E-state index contributed by atoms with van der Waals surface area (Å²) in [4.78, 5) is 17.3. The van der Waals surface area contributed by atoms with E-state index in [-0.39, 0.29) is 22.3 Å². The van der Waals surface area contributed by atoms with Crippen LogP contribution in [0.25, 0.3) is 11.0 Å². The van der Waals surface area contributed by atoms with E-state index >= 15 is 0 Å². The molecule has 10 heteroatoms. The third kappa shape index (κ3) is 4.00. The van der Waals surface area contributed by atoms with Crippen LogP contribution in [0.3, 0.4) is 0 Å². The Morgan fingerprint density at radius 3 is 2.58 bits per heavy atom. The summed E-state index contributed by atoms with van der Waals surface area (Å²) in [6.07, 6.45) is 4.91. The topological polar surface area (TPSA) is 106 Å². The molecule has 1 amide bonds. The summed E-state index contributed by atoms with van der Waals surface area (Å²) in [6, 6.07) is 6.37. The molecule has 0 bridgehead atoms. The number of pyridine rings is 1. The number of hydrogen-bond acceptors (Lipinski definition) is 6. The smallest absolute Gasteiger partial charge is 0.255 e. The van der Waals surface area contributed by atoms with Crippen LogP contribution < -0.4 is 10.1 Å². The second-order valence-corrected chi connectivity index (χ2v) is 9.66. The highest BCUT2D eigenvalue weighted by Crippen LogP contribution is 2.30. The summed E-state index contributed by atoms with van der Waals surface area (Å²) in [7, 11) is -2.33. The minimum atomic E-state index is -3.74. The molecule has 0 unspecified atom stereocenters. The van der Waals surface area contributed by atoms with Gasteiger partial charge in [-0.1, -0.05) is 0 Å². The molecule has 4 rings (SSSR count). The number of benzene rings is 1. The first-order chi connectivity index (χ1) is 14.8. The number of carbonyl (C=O) groups is 1. The molecule has 3 heterocycles. The number of anilines is 1. The van der Waals surface area contributed by atoms with Crippen LogP contribution in [-0.2, 0) is 10.0 Å². The van der Waals surface area contributed by atoms with E-state index in [1.54, 1.807) is 29.2 Å². The number of rotatable bonds is 6. The molecular weight excluding hydrogens is 418 g/mol. The fraction of sp³-hybridized carbons (Fsp3) is 0.381. The van der Waals surface area contributed by atoms with Crippen LogP contribution in [0.4, 0.5) is 5.69 Å². The number of carbonyl (C=O) groups excluding carboxylic acids is 1. The van der Waals surface area contributed by atoms with E-state index in [4.69, 9.17) is 4.74 Å². The fourth-order valence-corrected chi connectivity index (χ4v) is 5.38. The zero-order valence-corrected chi connectivity index (χ0v) is 18.5. The predicted octanol–water partition coefficient (Wildman–Crippen LogP) is 3.06. The van der Waals surface area contributed by atoms with Gasteiger partial charge in [-0.3, -0.25) is 4.79 Å². The van der Waals surface area contributed by atoms with Crippen LogP contribution in [0.15, 0.2) is 41.6 Å². The van der Waals surface area contributed by atoms with Gasteiger partial charge in [-0.2, -0.15) is 9.40 Å². The maximum atomic E-state index is 13.0. The van der Waals surface area contributed by atoms with Crippen molar-refractivity contribution in [1.29, 1.82) is 0 Å². The molecule has 31 heavy (non-hydrogen) atoms. The first kappa shape index (κ1) is 21.3. The standard InChI is InChI=1S/C21H25N5O4S/c1-14(2)26-20-16(12-23-26)10-17(13-22-20)24-21(27)15-6-7-18(30-3)19(11-15)31(28,29)25-8-4-5-9-25/h6-7,10-14H,4-5,8-9H2,1-3H3,(H,24,27). The molecule has 0 spiro atoms. The number of hydrogen-bond donors (Lipinski definition) is 1. The van der Waals surface area contributed by atoms with Crippen LogP contribution in [0, 0.1) is 0 Å². The average Bonchev–Trinajstić information content (AvgIpc) is 3.43. The molecule has 0 aliphatic carbocycles. The molecule has 1 aliphatic heterocycles. The van der Waals surface area contributed by atoms with Gasteiger partial charge in [0.25, 0.3) is 5.91 Å². The monoisotopic (exact) mass is 443 g/mol. The Labute approximate surface area is 181 Å². The lowest BCUT2D eigenvalue weighted by Gasteiger charge is -2.18.